The van der Waals surface area contributed by atoms with Crippen LogP contribution in [0.3, 0.4) is 0 Å². The maximum atomic E-state index is 14.4. The van der Waals surface area contributed by atoms with Crippen molar-refractivity contribution in [3.63, 3.8) is 0 Å². The number of nitrogens with zero attached hydrogens (tertiary/aromatic N) is 3. The van der Waals surface area contributed by atoms with Crippen molar-refractivity contribution in [3.05, 3.63) is 76.0 Å². The van der Waals surface area contributed by atoms with Crippen molar-refractivity contribution in [2.24, 2.45) is 0 Å². The Morgan fingerprint density at radius 3 is 2.80 bits per heavy atom. The number of hydrogen-bond donors (Lipinski definition) is 1. The van der Waals surface area contributed by atoms with Gasteiger partial charge in [0.25, 0.3) is 5.56 Å². The maximum absolute atomic E-state index is 14.4. The summed E-state index contributed by atoms with van der Waals surface area (Å²) in [6.07, 6.45) is 1.79. The van der Waals surface area contributed by atoms with Gasteiger partial charge in [0.15, 0.2) is 0 Å². The molecule has 8 heteroatoms. The second-order valence-corrected chi connectivity index (χ2v) is 5.44. The van der Waals surface area contributed by atoms with Gasteiger partial charge >= 0.3 is 5.97 Å². The van der Waals surface area contributed by atoms with Crippen LogP contribution in [0, 0.1) is 12.7 Å². The lowest BCUT2D eigenvalue weighted by molar-refractivity contribution is 0.0329. The average Bonchev–Trinajstić information content (AvgIpc) is 3.08. The molecular weight excluding hydrogens is 327 g/mol. The molecule has 0 radical (unpaired) electrons. The van der Waals surface area contributed by atoms with Gasteiger partial charge < -0.3 is 9.72 Å². The van der Waals surface area contributed by atoms with Crippen molar-refractivity contribution in [2.45, 2.75) is 20.0 Å². The first-order chi connectivity index (χ1) is 12.0. The number of halogens is 1. The fourth-order valence-electron chi connectivity index (χ4n) is 2.48. The Hall–Kier alpha value is -3.29. The van der Waals surface area contributed by atoms with E-state index in [0.29, 0.717) is 11.4 Å². The van der Waals surface area contributed by atoms with Gasteiger partial charge in [0, 0.05) is 5.69 Å². The number of aromatic amines is 1. The molecule has 7 nitrogen and oxygen atoms in total. The summed E-state index contributed by atoms with van der Waals surface area (Å²) in [7, 11) is 0. The molecule has 1 aromatic carbocycles. The molecule has 2 aromatic heterocycles. The number of hydrogen-bond acceptors (Lipinski definition) is 5. The standard InChI is InChI=1S/C17H15FN4O3/c1-10-6-7-12(16(23)21-10)17(24)25-11(2)15-13(18)4-3-5-14(15)22-9-19-8-20-22/h3-9,11H,1-2H3,(H,21,23)/t11-/m0/s1. The van der Waals surface area contributed by atoms with Gasteiger partial charge in [-0.25, -0.2) is 18.9 Å². The molecule has 0 spiro atoms. The molecule has 0 fully saturated rings. The summed E-state index contributed by atoms with van der Waals surface area (Å²) in [5.41, 5.74) is 0.469. The summed E-state index contributed by atoms with van der Waals surface area (Å²) < 4.78 is 21.0. The number of nitrogens with one attached hydrogen (secondary N) is 1. The van der Waals surface area contributed by atoms with Crippen LogP contribution in [-0.2, 0) is 4.74 Å². The molecule has 3 aromatic rings. The van der Waals surface area contributed by atoms with Gasteiger partial charge in [0.05, 0.1) is 11.3 Å². The number of H-pyrrole nitrogens is 1. The van der Waals surface area contributed by atoms with Crippen LogP contribution in [-0.4, -0.2) is 25.7 Å². The van der Waals surface area contributed by atoms with Crippen LogP contribution in [0.1, 0.15) is 34.6 Å². The molecule has 0 unspecified atom stereocenters. The highest BCUT2D eigenvalue weighted by Crippen LogP contribution is 2.27. The van der Waals surface area contributed by atoms with E-state index in [-0.39, 0.29) is 11.1 Å². The van der Waals surface area contributed by atoms with Crippen molar-refractivity contribution >= 4 is 5.97 Å². The molecule has 25 heavy (non-hydrogen) atoms. The first-order valence-corrected chi connectivity index (χ1v) is 7.51. The average molecular weight is 342 g/mol. The van der Waals surface area contributed by atoms with E-state index in [2.05, 4.69) is 15.1 Å². The first-order valence-electron chi connectivity index (χ1n) is 7.51. The Balaban J connectivity index is 1.93. The summed E-state index contributed by atoms with van der Waals surface area (Å²) in [4.78, 5) is 30.5. The van der Waals surface area contributed by atoms with E-state index in [1.165, 1.54) is 42.5 Å². The second kappa shape index (κ2) is 6.68. The van der Waals surface area contributed by atoms with Crippen LogP contribution in [0.5, 0.6) is 0 Å². The molecule has 0 saturated carbocycles. The number of carbonyl (C=O) groups excluding carboxylic acids is 1. The summed E-state index contributed by atoms with van der Waals surface area (Å²) in [6, 6.07) is 7.39. The number of carbonyl (C=O) groups is 1. The van der Waals surface area contributed by atoms with Gasteiger partial charge in [0.2, 0.25) is 0 Å². The van der Waals surface area contributed by atoms with Crippen LogP contribution in [0.25, 0.3) is 5.69 Å². The molecule has 0 saturated heterocycles. The highest BCUT2D eigenvalue weighted by molar-refractivity contribution is 5.89. The largest absolute Gasteiger partial charge is 0.454 e. The number of benzene rings is 1. The summed E-state index contributed by atoms with van der Waals surface area (Å²) >= 11 is 0. The number of rotatable bonds is 4. The van der Waals surface area contributed by atoms with Gasteiger partial charge in [-0.2, -0.15) is 5.10 Å². The molecule has 2 heterocycles. The lowest BCUT2D eigenvalue weighted by atomic mass is 10.1. The number of aryl methyl sites for hydroxylation is 1. The maximum Gasteiger partial charge on any atom is 0.344 e. The molecule has 3 rings (SSSR count). The summed E-state index contributed by atoms with van der Waals surface area (Å²) in [6.45, 7) is 3.22. The molecule has 1 atom stereocenters. The molecule has 0 aliphatic rings. The number of aromatic nitrogens is 4. The molecular formula is C17H15FN4O3. The SMILES string of the molecule is Cc1ccc(C(=O)O[C@@H](C)c2c(F)cccc2-n2cncn2)c(=O)[nH]1. The third kappa shape index (κ3) is 3.32. The summed E-state index contributed by atoms with van der Waals surface area (Å²) in [5.74, 6) is -1.38. The zero-order valence-electron chi connectivity index (χ0n) is 13.6. The van der Waals surface area contributed by atoms with E-state index in [1.54, 1.807) is 19.1 Å². The van der Waals surface area contributed by atoms with Crippen molar-refractivity contribution < 1.29 is 13.9 Å². The third-order valence-corrected chi connectivity index (χ3v) is 3.66. The third-order valence-electron chi connectivity index (χ3n) is 3.66. The minimum Gasteiger partial charge on any atom is -0.454 e. The van der Waals surface area contributed by atoms with Crippen LogP contribution in [0.15, 0.2) is 47.8 Å². The van der Waals surface area contributed by atoms with Crippen molar-refractivity contribution in [2.75, 3.05) is 0 Å². The minimum atomic E-state index is -0.936. The zero-order valence-corrected chi connectivity index (χ0v) is 13.6. The Bertz CT molecular complexity index is 966. The molecule has 0 amide bonds. The Labute approximate surface area is 142 Å². The monoisotopic (exact) mass is 342 g/mol. The smallest absolute Gasteiger partial charge is 0.344 e. The molecule has 0 aliphatic heterocycles. The van der Waals surface area contributed by atoms with E-state index < -0.39 is 23.4 Å². The van der Waals surface area contributed by atoms with Gasteiger partial charge in [0.1, 0.15) is 30.1 Å². The topological polar surface area (TPSA) is 89.9 Å². The van der Waals surface area contributed by atoms with E-state index >= 15 is 0 Å². The van der Waals surface area contributed by atoms with Gasteiger partial charge in [-0.3, -0.25) is 4.79 Å². The zero-order chi connectivity index (χ0) is 18.0. The fraction of sp³-hybridized carbons (Fsp3) is 0.176. The first kappa shape index (κ1) is 16.6. The highest BCUT2D eigenvalue weighted by atomic mass is 19.1. The van der Waals surface area contributed by atoms with E-state index in [1.807, 2.05) is 0 Å². The van der Waals surface area contributed by atoms with Crippen LogP contribution in [0.2, 0.25) is 0 Å². The Kier molecular flexibility index (Phi) is 4.42. The quantitative estimate of drug-likeness (QED) is 0.735. The van der Waals surface area contributed by atoms with E-state index in [0.717, 1.165) is 0 Å². The lowest BCUT2D eigenvalue weighted by Gasteiger charge is -2.17. The predicted octanol–water partition coefficient (Wildman–Crippen LogP) is 2.32. The number of pyridine rings is 1. The van der Waals surface area contributed by atoms with E-state index in [9.17, 15) is 14.0 Å². The molecule has 0 bridgehead atoms. The Morgan fingerprint density at radius 2 is 2.12 bits per heavy atom. The van der Waals surface area contributed by atoms with Gasteiger partial charge in [-0.05, 0) is 38.1 Å². The van der Waals surface area contributed by atoms with Crippen LogP contribution < -0.4 is 5.56 Å². The normalized spacial score (nSPS) is 12.0. The number of esters is 1. The predicted molar refractivity (Wildman–Crippen MR) is 86.9 cm³/mol. The minimum absolute atomic E-state index is 0.143. The summed E-state index contributed by atoms with van der Waals surface area (Å²) in [5, 5.41) is 3.98. The highest BCUT2D eigenvalue weighted by Gasteiger charge is 2.22. The molecule has 128 valence electrons. The van der Waals surface area contributed by atoms with Crippen molar-refractivity contribution in [1.82, 2.24) is 19.7 Å². The van der Waals surface area contributed by atoms with E-state index in [4.69, 9.17) is 4.74 Å². The van der Waals surface area contributed by atoms with Gasteiger partial charge in [-0.15, -0.1) is 0 Å². The second-order valence-electron chi connectivity index (χ2n) is 5.44. The fourth-order valence-corrected chi connectivity index (χ4v) is 2.48. The van der Waals surface area contributed by atoms with Crippen molar-refractivity contribution in [3.8, 4) is 5.69 Å². The van der Waals surface area contributed by atoms with Crippen molar-refractivity contribution in [1.29, 1.82) is 0 Å². The van der Waals surface area contributed by atoms with Gasteiger partial charge in [-0.1, -0.05) is 6.07 Å². The Morgan fingerprint density at radius 1 is 1.32 bits per heavy atom. The molecule has 0 aliphatic carbocycles. The lowest BCUT2D eigenvalue weighted by Crippen LogP contribution is -2.21. The van der Waals surface area contributed by atoms with Crippen LogP contribution >= 0.6 is 0 Å². The van der Waals surface area contributed by atoms with Crippen LogP contribution in [0.4, 0.5) is 4.39 Å². The molecule has 1 N–H and O–H groups in total. The number of ether oxygens (including phenoxy) is 1.